The Morgan fingerprint density at radius 3 is 2.74 bits per heavy atom. The Morgan fingerprint density at radius 1 is 1.26 bits per heavy atom. The number of likely N-dealkylation sites (N-methyl/N-ethyl adjacent to an activating group) is 1. The molecule has 0 bridgehead atoms. The maximum atomic E-state index is 13.3. The number of hydrazine groups is 1. The molecule has 3 saturated heterocycles. The first-order valence-electron chi connectivity index (χ1n) is 11.8. The number of sulfonamides is 1. The minimum absolute atomic E-state index is 0.0805. The van der Waals surface area contributed by atoms with Crippen molar-refractivity contribution in [3.63, 3.8) is 0 Å². The van der Waals surface area contributed by atoms with Crippen LogP contribution in [0, 0.1) is 5.92 Å². The number of likely N-dealkylation sites (tertiary alicyclic amines) is 1. The van der Waals surface area contributed by atoms with Crippen LogP contribution in [-0.4, -0.2) is 107 Å². The van der Waals surface area contributed by atoms with Crippen LogP contribution >= 0.6 is 0 Å². The molecule has 7 atom stereocenters. The van der Waals surface area contributed by atoms with Crippen LogP contribution in [0.15, 0.2) is 0 Å². The average Bonchev–Trinajstić information content (AvgIpc) is 3.08. The highest BCUT2D eigenvalue weighted by Crippen LogP contribution is 2.33. The predicted octanol–water partition coefficient (Wildman–Crippen LogP) is -1.78. The summed E-state index contributed by atoms with van der Waals surface area (Å²) in [5.74, 6) is 0.420. The Labute approximate surface area is 187 Å². The number of nitrogens with two attached hydrogens (primary N) is 1. The molecule has 3 aliphatic heterocycles. The molecule has 4 aliphatic rings. The van der Waals surface area contributed by atoms with Crippen LogP contribution < -0.4 is 26.5 Å². The molecule has 31 heavy (non-hydrogen) atoms. The first-order valence-corrected chi connectivity index (χ1v) is 13.4. The molecule has 3 heterocycles. The van der Waals surface area contributed by atoms with Crippen molar-refractivity contribution in [1.82, 2.24) is 30.7 Å². The fourth-order valence-corrected chi connectivity index (χ4v) is 7.20. The Hall–Kier alpha value is -0.370. The normalized spacial score (nSPS) is 38.5. The van der Waals surface area contributed by atoms with Gasteiger partial charge in [-0.2, -0.15) is 0 Å². The van der Waals surface area contributed by atoms with Gasteiger partial charge in [0.1, 0.15) is 5.25 Å². The van der Waals surface area contributed by atoms with Gasteiger partial charge in [0.05, 0.1) is 18.3 Å². The quantitative estimate of drug-likeness (QED) is 0.272. The number of nitrogens with one attached hydrogen (secondary N) is 4. The van der Waals surface area contributed by atoms with E-state index >= 15 is 0 Å². The average molecular weight is 460 g/mol. The smallest absolute Gasteiger partial charge is 0.217 e. The molecule has 0 radical (unpaired) electrons. The fraction of sp³-hybridized carbons (Fsp3) is 1.00. The zero-order chi connectivity index (χ0) is 22.0. The Morgan fingerprint density at radius 2 is 2.06 bits per heavy atom. The highest BCUT2D eigenvalue weighted by atomic mass is 32.2. The molecule has 0 aromatic carbocycles. The van der Waals surface area contributed by atoms with Gasteiger partial charge in [0.15, 0.2) is 0 Å². The number of hydrogen-bond acceptors (Lipinski definition) is 9. The summed E-state index contributed by atoms with van der Waals surface area (Å²) in [4.78, 5) is 2.53. The summed E-state index contributed by atoms with van der Waals surface area (Å²) in [5.41, 5.74) is 9.29. The van der Waals surface area contributed by atoms with Crippen LogP contribution in [-0.2, 0) is 14.8 Å². The molecule has 0 spiro atoms. The topological polar surface area (TPSA) is 124 Å². The van der Waals surface area contributed by atoms with Crippen LogP contribution in [0.4, 0.5) is 0 Å². The molecule has 1 aliphatic carbocycles. The lowest BCUT2D eigenvalue weighted by Crippen LogP contribution is -2.62. The second kappa shape index (κ2) is 10.3. The molecule has 6 N–H and O–H groups in total. The van der Waals surface area contributed by atoms with Gasteiger partial charge in [-0.1, -0.05) is 0 Å². The number of rotatable bonds is 9. The second-order valence-corrected chi connectivity index (χ2v) is 11.6. The third-order valence-electron chi connectivity index (χ3n) is 7.80. The van der Waals surface area contributed by atoms with E-state index in [0.29, 0.717) is 18.5 Å². The molecule has 4 fully saturated rings. The summed E-state index contributed by atoms with van der Waals surface area (Å²) in [5, 5.41) is 8.28. The number of ether oxygens (including phenoxy) is 1. The fourth-order valence-electron chi connectivity index (χ4n) is 5.77. The Kier molecular flexibility index (Phi) is 7.88. The van der Waals surface area contributed by atoms with Gasteiger partial charge in [0.25, 0.3) is 0 Å². The van der Waals surface area contributed by atoms with Crippen molar-refractivity contribution in [2.24, 2.45) is 11.7 Å². The zero-order valence-electron chi connectivity index (χ0n) is 18.9. The molecule has 10 nitrogen and oxygen atoms in total. The largest absolute Gasteiger partial charge is 0.380 e. The maximum absolute atomic E-state index is 13.3. The molecule has 4 rings (SSSR count). The highest BCUT2D eigenvalue weighted by molar-refractivity contribution is 7.90. The lowest BCUT2D eigenvalue weighted by molar-refractivity contribution is 0.00327. The Bertz CT molecular complexity index is 692. The van der Waals surface area contributed by atoms with E-state index in [-0.39, 0.29) is 30.9 Å². The lowest BCUT2D eigenvalue weighted by atomic mass is 9.80. The van der Waals surface area contributed by atoms with E-state index in [0.717, 1.165) is 38.8 Å². The molecule has 0 aromatic heterocycles. The third kappa shape index (κ3) is 5.25. The molecule has 11 heteroatoms. The van der Waals surface area contributed by atoms with Gasteiger partial charge in [-0.05, 0) is 57.7 Å². The number of piperidine rings is 1. The van der Waals surface area contributed by atoms with Gasteiger partial charge in [-0.15, -0.1) is 0 Å². The van der Waals surface area contributed by atoms with Crippen LogP contribution in [0.2, 0.25) is 0 Å². The number of nitrogens with zero attached hydrogens (tertiary/aromatic N) is 2. The SMILES string of the molecule is COC1CCC2CNN(C)C2C1NS(=O)(=O)C(CN)CNC1CC(N2CCC2)CCN1. The van der Waals surface area contributed by atoms with E-state index in [9.17, 15) is 8.42 Å². The van der Waals surface area contributed by atoms with Crippen molar-refractivity contribution in [2.45, 2.75) is 67.7 Å². The van der Waals surface area contributed by atoms with Crippen molar-refractivity contribution in [3.8, 4) is 0 Å². The molecular weight excluding hydrogens is 418 g/mol. The maximum Gasteiger partial charge on any atom is 0.217 e. The molecular formula is C20H41N7O3S. The second-order valence-electron chi connectivity index (χ2n) is 9.60. The molecule has 0 amide bonds. The summed E-state index contributed by atoms with van der Waals surface area (Å²) in [7, 11) is 0.0366. The van der Waals surface area contributed by atoms with Gasteiger partial charge < -0.3 is 26.0 Å². The van der Waals surface area contributed by atoms with Crippen molar-refractivity contribution < 1.29 is 13.2 Å². The third-order valence-corrected chi connectivity index (χ3v) is 9.64. The summed E-state index contributed by atoms with van der Waals surface area (Å²) >= 11 is 0. The van der Waals surface area contributed by atoms with E-state index in [1.54, 1.807) is 7.11 Å². The van der Waals surface area contributed by atoms with Gasteiger partial charge in [-0.3, -0.25) is 5.43 Å². The van der Waals surface area contributed by atoms with Crippen LogP contribution in [0.1, 0.15) is 32.1 Å². The van der Waals surface area contributed by atoms with E-state index in [4.69, 9.17) is 10.5 Å². The Balaban J connectivity index is 1.36. The summed E-state index contributed by atoms with van der Waals surface area (Å²) in [6.45, 7) is 4.63. The highest BCUT2D eigenvalue weighted by Gasteiger charge is 2.47. The van der Waals surface area contributed by atoms with E-state index in [2.05, 4.69) is 25.7 Å². The first-order chi connectivity index (χ1) is 14.9. The zero-order valence-corrected chi connectivity index (χ0v) is 19.7. The molecule has 180 valence electrons. The van der Waals surface area contributed by atoms with Crippen molar-refractivity contribution >= 4 is 10.0 Å². The minimum atomic E-state index is -3.61. The van der Waals surface area contributed by atoms with Gasteiger partial charge in [-0.25, -0.2) is 18.1 Å². The number of fused-ring (bicyclic) bond motifs is 1. The number of hydrogen-bond donors (Lipinski definition) is 5. The summed E-state index contributed by atoms with van der Waals surface area (Å²) in [6, 6.07) is 0.383. The van der Waals surface area contributed by atoms with Crippen LogP contribution in [0.25, 0.3) is 0 Å². The van der Waals surface area contributed by atoms with Gasteiger partial charge in [0, 0.05) is 45.9 Å². The lowest BCUT2D eigenvalue weighted by Gasteiger charge is -2.43. The van der Waals surface area contributed by atoms with E-state index < -0.39 is 15.3 Å². The standard InChI is InChI=1S/C20H41N7O3S/c1-26-20-14(12-24-26)4-5-17(30-2)19(20)25-31(28,29)16(11-21)13-23-18-10-15(6-7-22-18)27-8-3-9-27/h14-20,22-25H,3-13,21H2,1-2H3. The van der Waals surface area contributed by atoms with Gasteiger partial charge in [0.2, 0.25) is 10.0 Å². The van der Waals surface area contributed by atoms with Crippen molar-refractivity contribution in [3.05, 3.63) is 0 Å². The van der Waals surface area contributed by atoms with E-state index in [1.165, 1.54) is 19.5 Å². The minimum Gasteiger partial charge on any atom is -0.380 e. The summed E-state index contributed by atoms with van der Waals surface area (Å²) < 4.78 is 35.3. The van der Waals surface area contributed by atoms with Gasteiger partial charge >= 0.3 is 0 Å². The van der Waals surface area contributed by atoms with Crippen LogP contribution in [0.5, 0.6) is 0 Å². The molecule has 0 aromatic rings. The molecule has 1 saturated carbocycles. The molecule has 7 unspecified atom stereocenters. The van der Waals surface area contributed by atoms with Crippen LogP contribution in [0.3, 0.4) is 0 Å². The predicted molar refractivity (Wildman–Crippen MR) is 121 cm³/mol. The van der Waals surface area contributed by atoms with Crippen molar-refractivity contribution in [2.75, 3.05) is 53.4 Å². The monoisotopic (exact) mass is 459 g/mol. The summed E-state index contributed by atoms with van der Waals surface area (Å²) in [6.07, 6.45) is 5.32. The number of methoxy groups -OCH3 is 1. The first kappa shape index (κ1) is 23.8. The van der Waals surface area contributed by atoms with Crippen molar-refractivity contribution in [1.29, 1.82) is 0 Å². The van der Waals surface area contributed by atoms with E-state index in [1.807, 2.05) is 12.1 Å².